The van der Waals surface area contributed by atoms with Crippen LogP contribution in [-0.2, 0) is 10.0 Å². The monoisotopic (exact) mass is 346 g/mol. The summed E-state index contributed by atoms with van der Waals surface area (Å²) in [5.41, 5.74) is 5.35. The molecule has 1 aromatic carbocycles. The molecule has 0 fully saturated rings. The van der Waals surface area contributed by atoms with Gasteiger partial charge < -0.3 is 5.73 Å². The number of nitrogens with two attached hydrogens (primary N) is 1. The first-order valence-corrected chi connectivity index (χ1v) is 7.21. The zero-order valence-corrected chi connectivity index (χ0v) is 11.7. The van der Waals surface area contributed by atoms with E-state index in [4.69, 9.17) is 5.73 Å². The van der Waals surface area contributed by atoms with Crippen molar-refractivity contribution in [2.45, 2.75) is 4.90 Å². The van der Waals surface area contributed by atoms with Crippen LogP contribution in [0, 0.1) is 5.82 Å². The minimum atomic E-state index is -3.90. The normalized spacial score (nSPS) is 11.3. The molecule has 0 aliphatic rings. The van der Waals surface area contributed by atoms with Gasteiger partial charge in [0.15, 0.2) is 0 Å². The highest BCUT2D eigenvalue weighted by Gasteiger charge is 2.17. The molecular weight excluding hydrogens is 339 g/mol. The van der Waals surface area contributed by atoms with Crippen molar-refractivity contribution in [3.8, 4) is 0 Å². The summed E-state index contributed by atoms with van der Waals surface area (Å²) in [7, 11) is -3.90. The predicted octanol–water partition coefficient (Wildman–Crippen LogP) is 1.76. The number of hydrogen-bond acceptors (Lipinski definition) is 5. The lowest BCUT2D eigenvalue weighted by Crippen LogP contribution is -2.14. The van der Waals surface area contributed by atoms with Gasteiger partial charge in [0, 0.05) is 4.47 Å². The molecule has 0 bridgehead atoms. The first-order chi connectivity index (χ1) is 8.88. The lowest BCUT2D eigenvalue weighted by molar-refractivity contribution is 0.600. The highest BCUT2D eigenvalue weighted by molar-refractivity contribution is 9.10. The number of aromatic nitrogens is 2. The Morgan fingerprint density at radius 3 is 2.53 bits per heavy atom. The van der Waals surface area contributed by atoms with Crippen LogP contribution in [0.1, 0.15) is 0 Å². The van der Waals surface area contributed by atoms with Crippen LogP contribution in [0.15, 0.2) is 40.0 Å². The predicted molar refractivity (Wildman–Crippen MR) is 71.4 cm³/mol. The highest BCUT2D eigenvalue weighted by Crippen LogP contribution is 2.25. The van der Waals surface area contributed by atoms with Crippen LogP contribution in [-0.4, -0.2) is 18.4 Å². The molecule has 1 heterocycles. The van der Waals surface area contributed by atoms with Crippen molar-refractivity contribution >= 4 is 37.6 Å². The fourth-order valence-electron chi connectivity index (χ4n) is 1.24. The molecule has 0 saturated heterocycles. The molecule has 1 aromatic heterocycles. The summed E-state index contributed by atoms with van der Waals surface area (Å²) in [5, 5.41) is 0. The van der Waals surface area contributed by atoms with E-state index in [2.05, 4.69) is 30.6 Å². The Balaban J connectivity index is 2.36. The maximum atomic E-state index is 13.1. The smallest absolute Gasteiger partial charge is 0.265 e. The maximum absolute atomic E-state index is 13.1. The number of halogens is 2. The zero-order chi connectivity index (χ0) is 14.0. The number of hydrogen-bond donors (Lipinski definition) is 2. The van der Waals surface area contributed by atoms with Crippen LogP contribution >= 0.6 is 15.9 Å². The average Bonchev–Trinajstić information content (AvgIpc) is 2.34. The summed E-state index contributed by atoms with van der Waals surface area (Å²) in [5.74, 6) is -0.597. The van der Waals surface area contributed by atoms with Gasteiger partial charge in [0.05, 0.1) is 18.1 Å². The third-order valence-electron chi connectivity index (χ3n) is 2.13. The first-order valence-electron chi connectivity index (χ1n) is 4.94. The Bertz CT molecular complexity index is 706. The molecule has 0 saturated carbocycles. The minimum Gasteiger partial charge on any atom is -0.368 e. The summed E-state index contributed by atoms with van der Waals surface area (Å²) >= 11 is 3.12. The molecule has 19 heavy (non-hydrogen) atoms. The molecule has 0 amide bonds. The standard InChI is InChI=1S/C10H8BrFN4O2S/c11-8-2-1-6(12)3-9(8)16-19(17,18)7-4-14-10(13)15-5-7/h1-5,16H,(H2,13,14,15). The van der Waals surface area contributed by atoms with Crippen molar-refractivity contribution in [2.24, 2.45) is 0 Å². The van der Waals surface area contributed by atoms with Gasteiger partial charge in [-0.1, -0.05) is 0 Å². The van der Waals surface area contributed by atoms with Gasteiger partial charge in [-0.2, -0.15) is 0 Å². The molecule has 0 atom stereocenters. The molecule has 2 rings (SSSR count). The number of rotatable bonds is 3. The third kappa shape index (κ3) is 3.18. The minimum absolute atomic E-state index is 0.0362. The van der Waals surface area contributed by atoms with E-state index in [0.717, 1.165) is 18.5 Å². The van der Waals surface area contributed by atoms with E-state index < -0.39 is 15.8 Å². The van der Waals surface area contributed by atoms with Gasteiger partial charge in [0.25, 0.3) is 10.0 Å². The molecule has 0 unspecified atom stereocenters. The Kier molecular flexibility index (Phi) is 3.67. The van der Waals surface area contributed by atoms with Crippen LogP contribution < -0.4 is 10.5 Å². The van der Waals surface area contributed by atoms with Gasteiger partial charge in [0.2, 0.25) is 5.95 Å². The molecule has 3 N–H and O–H groups in total. The van der Waals surface area contributed by atoms with Crippen molar-refractivity contribution in [3.05, 3.63) is 40.9 Å². The quantitative estimate of drug-likeness (QED) is 0.882. The van der Waals surface area contributed by atoms with Crippen LogP contribution in [0.2, 0.25) is 0 Å². The average molecular weight is 347 g/mol. The lowest BCUT2D eigenvalue weighted by atomic mass is 10.3. The van der Waals surface area contributed by atoms with E-state index in [1.54, 1.807) is 0 Å². The lowest BCUT2D eigenvalue weighted by Gasteiger charge is -2.09. The van der Waals surface area contributed by atoms with E-state index in [1.165, 1.54) is 12.1 Å². The van der Waals surface area contributed by atoms with Gasteiger partial charge in [-0.05, 0) is 34.1 Å². The molecule has 9 heteroatoms. The second-order valence-corrected chi connectivity index (χ2v) is 6.04. The largest absolute Gasteiger partial charge is 0.368 e. The van der Waals surface area contributed by atoms with E-state index in [-0.39, 0.29) is 16.5 Å². The second kappa shape index (κ2) is 5.10. The maximum Gasteiger partial charge on any atom is 0.265 e. The van der Waals surface area contributed by atoms with Gasteiger partial charge in [-0.25, -0.2) is 22.8 Å². The van der Waals surface area contributed by atoms with E-state index in [0.29, 0.717) is 4.47 Å². The molecule has 100 valence electrons. The van der Waals surface area contributed by atoms with Crippen LogP contribution in [0.4, 0.5) is 16.0 Å². The summed E-state index contributed by atoms with van der Waals surface area (Å²) in [6.07, 6.45) is 2.13. The first kappa shape index (κ1) is 13.7. The molecule has 0 aliphatic carbocycles. The molecule has 0 radical (unpaired) electrons. The molecule has 2 aromatic rings. The van der Waals surface area contributed by atoms with Crippen LogP contribution in [0.5, 0.6) is 0 Å². The highest BCUT2D eigenvalue weighted by atomic mass is 79.9. The summed E-state index contributed by atoms with van der Waals surface area (Å²) in [6.45, 7) is 0. The van der Waals surface area contributed by atoms with Crippen molar-refractivity contribution in [1.29, 1.82) is 0 Å². The summed E-state index contributed by atoms with van der Waals surface area (Å²) in [4.78, 5) is 7.01. The number of anilines is 2. The Labute approximate surface area is 117 Å². The number of benzene rings is 1. The van der Waals surface area contributed by atoms with Crippen molar-refractivity contribution in [2.75, 3.05) is 10.5 Å². The van der Waals surface area contributed by atoms with E-state index in [1.807, 2.05) is 0 Å². The SMILES string of the molecule is Nc1ncc(S(=O)(=O)Nc2cc(F)ccc2Br)cn1. The second-order valence-electron chi connectivity index (χ2n) is 3.51. The van der Waals surface area contributed by atoms with Crippen molar-refractivity contribution in [3.63, 3.8) is 0 Å². The Morgan fingerprint density at radius 2 is 1.89 bits per heavy atom. The van der Waals surface area contributed by atoms with Crippen molar-refractivity contribution < 1.29 is 12.8 Å². The Morgan fingerprint density at radius 1 is 1.26 bits per heavy atom. The number of nitrogens with one attached hydrogen (secondary N) is 1. The number of nitrogens with zero attached hydrogens (tertiary/aromatic N) is 2. The number of sulfonamides is 1. The molecule has 0 aliphatic heterocycles. The van der Waals surface area contributed by atoms with Gasteiger partial charge >= 0.3 is 0 Å². The van der Waals surface area contributed by atoms with Crippen LogP contribution in [0.3, 0.4) is 0 Å². The Hall–Kier alpha value is -1.74. The third-order valence-corrected chi connectivity index (χ3v) is 4.14. The summed E-state index contributed by atoms with van der Waals surface area (Å²) in [6, 6.07) is 3.65. The zero-order valence-electron chi connectivity index (χ0n) is 9.34. The molecule has 6 nitrogen and oxygen atoms in total. The summed E-state index contributed by atoms with van der Waals surface area (Å²) < 4.78 is 39.7. The van der Waals surface area contributed by atoms with E-state index in [9.17, 15) is 12.8 Å². The van der Waals surface area contributed by atoms with Gasteiger partial charge in [-0.3, -0.25) is 4.72 Å². The topological polar surface area (TPSA) is 98.0 Å². The molecular formula is C10H8BrFN4O2S. The van der Waals surface area contributed by atoms with Crippen molar-refractivity contribution in [1.82, 2.24) is 9.97 Å². The fraction of sp³-hybridized carbons (Fsp3) is 0. The van der Waals surface area contributed by atoms with E-state index >= 15 is 0 Å². The van der Waals surface area contributed by atoms with Crippen LogP contribution in [0.25, 0.3) is 0 Å². The fourth-order valence-corrected chi connectivity index (χ4v) is 2.68. The molecule has 0 spiro atoms. The number of nitrogen functional groups attached to an aromatic ring is 1. The van der Waals surface area contributed by atoms with Gasteiger partial charge in [0.1, 0.15) is 10.7 Å². The van der Waals surface area contributed by atoms with Gasteiger partial charge in [-0.15, -0.1) is 0 Å².